The molecule has 1 aromatic carbocycles. The van der Waals surface area contributed by atoms with E-state index in [1.165, 1.54) is 16.0 Å². The Balaban J connectivity index is 2.29. The third-order valence-electron chi connectivity index (χ3n) is 4.00. The Hall–Kier alpha value is -1.16. The van der Waals surface area contributed by atoms with E-state index >= 15 is 0 Å². The quantitative estimate of drug-likeness (QED) is 0.823. The van der Waals surface area contributed by atoms with Crippen molar-refractivity contribution in [3.63, 3.8) is 0 Å². The van der Waals surface area contributed by atoms with Crippen LogP contribution in [0.4, 0.5) is 0 Å². The monoisotopic (exact) mass is 302 g/mol. The van der Waals surface area contributed by atoms with Crippen LogP contribution in [0.25, 0.3) is 0 Å². The number of nitrogens with zero attached hydrogens (tertiary/aromatic N) is 1. The fraction of sp³-hybridized carbons (Fsp3) is 0.444. The van der Waals surface area contributed by atoms with Crippen LogP contribution in [0.5, 0.6) is 0 Å². The van der Waals surface area contributed by atoms with Gasteiger partial charge in [-0.2, -0.15) is 0 Å². The second-order valence-electron chi connectivity index (χ2n) is 5.57. The number of aryl methyl sites for hydroxylation is 1. The zero-order valence-electron chi connectivity index (χ0n) is 13.3. The average molecular weight is 302 g/mol. The molecule has 0 radical (unpaired) electrons. The molecule has 21 heavy (non-hydrogen) atoms. The summed E-state index contributed by atoms with van der Waals surface area (Å²) in [6, 6.07) is 13.5. The molecule has 0 fully saturated rings. The molecule has 114 valence electrons. The van der Waals surface area contributed by atoms with Crippen molar-refractivity contribution in [2.24, 2.45) is 5.73 Å². The molecule has 0 aliphatic heterocycles. The molecule has 2 N–H and O–H groups in total. The average Bonchev–Trinajstić information content (AvgIpc) is 2.99. The molecule has 0 bridgehead atoms. The lowest BCUT2D eigenvalue weighted by Crippen LogP contribution is -2.40. The van der Waals surface area contributed by atoms with Crippen molar-refractivity contribution in [2.75, 3.05) is 6.54 Å². The maximum atomic E-state index is 6.47. The Labute approximate surface area is 132 Å². The molecule has 1 aromatic heterocycles. The van der Waals surface area contributed by atoms with Crippen LogP contribution in [-0.2, 0) is 6.54 Å². The predicted octanol–water partition coefficient (Wildman–Crippen LogP) is 4.36. The van der Waals surface area contributed by atoms with Crippen molar-refractivity contribution < 1.29 is 0 Å². The van der Waals surface area contributed by atoms with Gasteiger partial charge in [-0.05, 0) is 36.9 Å². The van der Waals surface area contributed by atoms with Crippen molar-refractivity contribution in [1.82, 2.24) is 4.90 Å². The van der Waals surface area contributed by atoms with Gasteiger partial charge in [0, 0.05) is 17.5 Å². The summed E-state index contributed by atoms with van der Waals surface area (Å²) in [4.78, 5) is 3.90. The number of hydrogen-bond acceptors (Lipinski definition) is 3. The molecule has 0 amide bonds. The van der Waals surface area contributed by atoms with Crippen LogP contribution >= 0.6 is 11.3 Å². The summed E-state index contributed by atoms with van der Waals surface area (Å²) in [6.07, 6.45) is 0.986. The minimum absolute atomic E-state index is 0.159. The van der Waals surface area contributed by atoms with Gasteiger partial charge in [-0.15, -0.1) is 11.3 Å². The molecule has 2 aromatic rings. The molecule has 0 saturated heterocycles. The van der Waals surface area contributed by atoms with Gasteiger partial charge in [0.05, 0.1) is 6.04 Å². The molecule has 0 aliphatic carbocycles. The second-order valence-corrected chi connectivity index (χ2v) is 6.61. The SMILES string of the molecule is CCC(N)C(c1cccc(C)c1)N(CC)Cc1cccs1. The predicted molar refractivity (Wildman–Crippen MR) is 92.6 cm³/mol. The number of benzene rings is 1. The first-order valence-corrected chi connectivity index (χ1v) is 8.62. The lowest BCUT2D eigenvalue weighted by Gasteiger charge is -2.35. The Kier molecular flexibility index (Phi) is 5.97. The summed E-state index contributed by atoms with van der Waals surface area (Å²) in [5, 5.41) is 2.14. The van der Waals surface area contributed by atoms with Gasteiger partial charge in [0.2, 0.25) is 0 Å². The normalized spacial score (nSPS) is 14.3. The summed E-state index contributed by atoms with van der Waals surface area (Å²) in [5.41, 5.74) is 9.10. The van der Waals surface area contributed by atoms with Crippen molar-refractivity contribution in [1.29, 1.82) is 0 Å². The van der Waals surface area contributed by atoms with Crippen molar-refractivity contribution in [3.8, 4) is 0 Å². The molecule has 0 spiro atoms. The van der Waals surface area contributed by atoms with Crippen LogP contribution in [-0.4, -0.2) is 17.5 Å². The highest BCUT2D eigenvalue weighted by molar-refractivity contribution is 7.09. The van der Waals surface area contributed by atoms with Gasteiger partial charge >= 0.3 is 0 Å². The van der Waals surface area contributed by atoms with Gasteiger partial charge in [0.1, 0.15) is 0 Å². The van der Waals surface area contributed by atoms with E-state index in [0.717, 1.165) is 19.5 Å². The summed E-state index contributed by atoms with van der Waals surface area (Å²) in [6.45, 7) is 8.52. The summed E-state index contributed by atoms with van der Waals surface area (Å²) >= 11 is 1.82. The van der Waals surface area contributed by atoms with E-state index in [4.69, 9.17) is 5.73 Å². The van der Waals surface area contributed by atoms with Crippen LogP contribution in [0.3, 0.4) is 0 Å². The highest BCUT2D eigenvalue weighted by atomic mass is 32.1. The van der Waals surface area contributed by atoms with E-state index < -0.39 is 0 Å². The number of nitrogens with two attached hydrogens (primary N) is 1. The third-order valence-corrected chi connectivity index (χ3v) is 4.86. The van der Waals surface area contributed by atoms with E-state index in [-0.39, 0.29) is 12.1 Å². The van der Waals surface area contributed by atoms with Gasteiger partial charge < -0.3 is 5.73 Å². The molecule has 0 saturated carbocycles. The van der Waals surface area contributed by atoms with Crippen LogP contribution in [0.2, 0.25) is 0 Å². The summed E-state index contributed by atoms with van der Waals surface area (Å²) in [7, 11) is 0. The molecule has 2 nitrogen and oxygen atoms in total. The number of rotatable bonds is 7. The molecule has 2 atom stereocenters. The Morgan fingerprint density at radius 2 is 2.00 bits per heavy atom. The van der Waals surface area contributed by atoms with Crippen molar-refractivity contribution in [2.45, 2.75) is 45.8 Å². The summed E-state index contributed by atoms with van der Waals surface area (Å²) < 4.78 is 0. The smallest absolute Gasteiger partial charge is 0.0502 e. The Bertz CT molecular complexity index is 536. The number of hydrogen-bond donors (Lipinski definition) is 1. The minimum Gasteiger partial charge on any atom is -0.326 e. The van der Waals surface area contributed by atoms with Crippen LogP contribution < -0.4 is 5.73 Å². The van der Waals surface area contributed by atoms with E-state index in [2.05, 4.69) is 67.4 Å². The third kappa shape index (κ3) is 4.16. The fourth-order valence-corrected chi connectivity index (χ4v) is 3.55. The number of likely N-dealkylation sites (N-methyl/N-ethyl adjacent to an activating group) is 1. The van der Waals surface area contributed by atoms with Crippen LogP contribution in [0, 0.1) is 6.92 Å². The maximum absolute atomic E-state index is 6.47. The fourth-order valence-electron chi connectivity index (χ4n) is 2.82. The molecule has 2 unspecified atom stereocenters. The topological polar surface area (TPSA) is 29.3 Å². The number of thiophene rings is 1. The Morgan fingerprint density at radius 1 is 1.19 bits per heavy atom. The van der Waals surface area contributed by atoms with Crippen LogP contribution in [0.1, 0.15) is 42.3 Å². The van der Waals surface area contributed by atoms with Gasteiger partial charge in [0.15, 0.2) is 0 Å². The maximum Gasteiger partial charge on any atom is 0.0502 e. The first kappa shape index (κ1) is 16.2. The lowest BCUT2D eigenvalue weighted by atomic mass is 9.95. The molecular formula is C18H26N2S. The van der Waals surface area contributed by atoms with Gasteiger partial charge in [-0.25, -0.2) is 0 Å². The van der Waals surface area contributed by atoms with E-state index in [1.54, 1.807) is 0 Å². The summed E-state index contributed by atoms with van der Waals surface area (Å²) in [5.74, 6) is 0. The van der Waals surface area contributed by atoms with E-state index in [9.17, 15) is 0 Å². The zero-order valence-corrected chi connectivity index (χ0v) is 14.1. The highest BCUT2D eigenvalue weighted by Crippen LogP contribution is 2.28. The molecule has 3 heteroatoms. The molecular weight excluding hydrogens is 276 g/mol. The highest BCUT2D eigenvalue weighted by Gasteiger charge is 2.25. The zero-order chi connectivity index (χ0) is 15.2. The van der Waals surface area contributed by atoms with E-state index in [1.807, 2.05) is 11.3 Å². The second kappa shape index (κ2) is 7.74. The molecule has 1 heterocycles. The van der Waals surface area contributed by atoms with Gasteiger partial charge in [-0.1, -0.05) is 49.7 Å². The van der Waals surface area contributed by atoms with Crippen molar-refractivity contribution >= 4 is 11.3 Å². The van der Waals surface area contributed by atoms with Crippen molar-refractivity contribution in [3.05, 3.63) is 57.8 Å². The van der Waals surface area contributed by atoms with E-state index in [0.29, 0.717) is 0 Å². The minimum atomic E-state index is 0.159. The Morgan fingerprint density at radius 3 is 2.57 bits per heavy atom. The van der Waals surface area contributed by atoms with Crippen LogP contribution in [0.15, 0.2) is 41.8 Å². The lowest BCUT2D eigenvalue weighted by molar-refractivity contribution is 0.171. The largest absolute Gasteiger partial charge is 0.326 e. The first-order chi connectivity index (χ1) is 10.2. The standard InChI is InChI=1S/C18H26N2S/c1-4-17(19)18(15-9-6-8-14(3)12-15)20(5-2)13-16-10-7-11-21-16/h6-12,17-18H,4-5,13,19H2,1-3H3. The van der Waals surface area contributed by atoms with Gasteiger partial charge in [-0.3, -0.25) is 4.90 Å². The molecule has 2 rings (SSSR count). The first-order valence-electron chi connectivity index (χ1n) is 7.74. The molecule has 0 aliphatic rings. The van der Waals surface area contributed by atoms with Gasteiger partial charge in [0.25, 0.3) is 0 Å².